The Morgan fingerprint density at radius 1 is 0.974 bits per heavy atom. The van der Waals surface area contributed by atoms with Crippen molar-refractivity contribution >= 4 is 49.4 Å². The van der Waals surface area contributed by atoms with E-state index < -0.39 is 0 Å². The Kier molecular flexibility index (Phi) is 7.22. The zero-order chi connectivity index (χ0) is 26.1. The zero-order valence-electron chi connectivity index (χ0n) is 21.1. The molecule has 0 aromatic heterocycles. The highest BCUT2D eigenvalue weighted by atomic mass is 79.9. The molecule has 6 rings (SSSR count). The van der Waals surface area contributed by atoms with Gasteiger partial charge in [0.2, 0.25) is 0 Å². The van der Waals surface area contributed by atoms with Crippen LogP contribution in [0.1, 0.15) is 46.2 Å². The van der Waals surface area contributed by atoms with Gasteiger partial charge in [0.15, 0.2) is 0 Å². The van der Waals surface area contributed by atoms with E-state index in [1.54, 1.807) is 0 Å². The molecule has 1 aliphatic heterocycles. The lowest BCUT2D eigenvalue weighted by Crippen LogP contribution is -2.29. The molecule has 2 aliphatic rings. The van der Waals surface area contributed by atoms with Crippen LogP contribution in [-0.2, 0) is 6.61 Å². The highest BCUT2D eigenvalue weighted by molar-refractivity contribution is 9.11. The van der Waals surface area contributed by atoms with Crippen molar-refractivity contribution in [2.45, 2.75) is 31.9 Å². The van der Waals surface area contributed by atoms with Crippen molar-refractivity contribution in [2.24, 2.45) is 10.9 Å². The number of nitrogens with one attached hydrogen (secondary N) is 1. The summed E-state index contributed by atoms with van der Waals surface area (Å²) >= 11 is 7.26. The Balaban J connectivity index is 1.22. The smallest absolute Gasteiger partial charge is 0.142 e. The second-order valence-electron chi connectivity index (χ2n) is 10.00. The average molecular weight is 628 g/mol. The van der Waals surface area contributed by atoms with Crippen LogP contribution in [0.25, 0.3) is 0 Å². The van der Waals surface area contributed by atoms with Gasteiger partial charge in [-0.1, -0.05) is 88.2 Å². The Morgan fingerprint density at radius 3 is 2.61 bits per heavy atom. The minimum Gasteiger partial charge on any atom is -0.487 e. The molecule has 0 bridgehead atoms. The Bertz CT molecular complexity index is 1510. The van der Waals surface area contributed by atoms with Gasteiger partial charge in [0.25, 0.3) is 0 Å². The largest absolute Gasteiger partial charge is 0.487 e. The summed E-state index contributed by atoms with van der Waals surface area (Å²) in [6, 6.07) is 29.9. The van der Waals surface area contributed by atoms with Crippen LogP contribution in [0.4, 0.5) is 11.4 Å². The Labute approximate surface area is 240 Å². The fourth-order valence-electron chi connectivity index (χ4n) is 5.51. The topological polar surface area (TPSA) is 33.6 Å². The van der Waals surface area contributed by atoms with Crippen molar-refractivity contribution in [1.29, 1.82) is 0 Å². The van der Waals surface area contributed by atoms with Gasteiger partial charge in [-0.2, -0.15) is 0 Å². The van der Waals surface area contributed by atoms with E-state index in [2.05, 4.69) is 111 Å². The third kappa shape index (κ3) is 5.23. The molecule has 0 radical (unpaired) electrons. The molecule has 0 spiro atoms. The molecule has 4 aromatic rings. The quantitative estimate of drug-likeness (QED) is 0.170. The number of fused-ring (bicyclic) bond motifs is 3. The van der Waals surface area contributed by atoms with E-state index in [1.165, 1.54) is 22.4 Å². The Hall–Kier alpha value is -3.15. The number of hydrogen-bond donors (Lipinski definition) is 1. The molecular weight excluding hydrogens is 600 g/mol. The third-order valence-corrected chi connectivity index (χ3v) is 8.43. The summed E-state index contributed by atoms with van der Waals surface area (Å²) in [5.41, 5.74) is 8.22. The lowest BCUT2D eigenvalue weighted by molar-refractivity contribution is 0.304. The van der Waals surface area contributed by atoms with Crippen LogP contribution in [0.15, 0.2) is 111 Å². The predicted octanol–water partition coefficient (Wildman–Crippen LogP) is 9.68. The molecule has 1 heterocycles. The molecule has 3 nitrogen and oxygen atoms in total. The summed E-state index contributed by atoms with van der Waals surface area (Å²) in [7, 11) is 0. The number of ether oxygens (including phenoxy) is 1. The fourth-order valence-corrected chi connectivity index (χ4v) is 6.89. The van der Waals surface area contributed by atoms with Crippen LogP contribution < -0.4 is 10.1 Å². The minimum absolute atomic E-state index is 0.280. The summed E-state index contributed by atoms with van der Waals surface area (Å²) in [6.07, 6.45) is 7.70. The number of aliphatic imine (C=N–C) groups is 1. The van der Waals surface area contributed by atoms with Gasteiger partial charge in [-0.3, -0.25) is 4.99 Å². The van der Waals surface area contributed by atoms with Crippen LogP contribution >= 0.6 is 31.9 Å². The maximum atomic E-state index is 6.20. The average Bonchev–Trinajstić information content (AvgIpc) is 3.42. The third-order valence-electron chi connectivity index (χ3n) is 7.39. The molecule has 0 fully saturated rings. The van der Waals surface area contributed by atoms with E-state index in [0.29, 0.717) is 18.4 Å². The molecule has 0 saturated carbocycles. The molecule has 0 saturated heterocycles. The van der Waals surface area contributed by atoms with Crippen LogP contribution in [0.5, 0.6) is 5.75 Å². The molecular formula is C33H28Br2N2O. The lowest BCUT2D eigenvalue weighted by Gasteiger charge is -2.37. The number of allylic oxidation sites excluding steroid dienone is 2. The summed E-state index contributed by atoms with van der Waals surface area (Å²) < 4.78 is 8.05. The van der Waals surface area contributed by atoms with Gasteiger partial charge in [-0.15, -0.1) is 0 Å². The van der Waals surface area contributed by atoms with Crippen LogP contribution in [-0.4, -0.2) is 6.21 Å². The second kappa shape index (κ2) is 10.9. The van der Waals surface area contributed by atoms with Gasteiger partial charge >= 0.3 is 0 Å². The van der Waals surface area contributed by atoms with Gasteiger partial charge < -0.3 is 10.1 Å². The van der Waals surface area contributed by atoms with Crippen LogP contribution in [0, 0.1) is 12.8 Å². The molecule has 1 aliphatic carbocycles. The molecule has 0 amide bonds. The minimum atomic E-state index is 0.280. The first-order valence-corrected chi connectivity index (χ1v) is 14.5. The number of benzene rings is 4. The number of halogens is 2. The Morgan fingerprint density at radius 2 is 1.79 bits per heavy atom. The molecule has 1 N–H and O–H groups in total. The number of hydrogen-bond acceptors (Lipinski definition) is 3. The first kappa shape index (κ1) is 25.1. The van der Waals surface area contributed by atoms with Crippen molar-refractivity contribution in [3.05, 3.63) is 134 Å². The summed E-state index contributed by atoms with van der Waals surface area (Å²) in [4.78, 5) is 4.79. The van der Waals surface area contributed by atoms with E-state index in [9.17, 15) is 0 Å². The first-order valence-electron chi connectivity index (χ1n) is 12.9. The summed E-state index contributed by atoms with van der Waals surface area (Å²) in [5, 5.41) is 3.83. The second-order valence-corrected chi connectivity index (χ2v) is 11.8. The normalized spacial score (nSPS) is 19.7. The molecule has 38 heavy (non-hydrogen) atoms. The molecule has 3 atom stereocenters. The van der Waals surface area contributed by atoms with Gasteiger partial charge in [0.05, 0.1) is 16.2 Å². The number of aryl methyl sites for hydroxylation is 1. The number of nitrogens with zero attached hydrogens (tertiary/aromatic N) is 1. The highest BCUT2D eigenvalue weighted by Gasteiger charge is 2.37. The van der Waals surface area contributed by atoms with E-state index in [4.69, 9.17) is 9.73 Å². The van der Waals surface area contributed by atoms with E-state index in [1.807, 2.05) is 36.5 Å². The maximum absolute atomic E-state index is 6.20. The maximum Gasteiger partial charge on any atom is 0.142 e. The molecule has 5 heteroatoms. The monoisotopic (exact) mass is 626 g/mol. The van der Waals surface area contributed by atoms with Crippen molar-refractivity contribution in [3.63, 3.8) is 0 Å². The van der Waals surface area contributed by atoms with Crippen LogP contribution in [0.3, 0.4) is 0 Å². The predicted molar refractivity (Wildman–Crippen MR) is 164 cm³/mol. The fraction of sp³-hybridized carbons (Fsp3) is 0.182. The highest BCUT2D eigenvalue weighted by Crippen LogP contribution is 2.50. The summed E-state index contributed by atoms with van der Waals surface area (Å²) in [5.74, 6) is 1.78. The van der Waals surface area contributed by atoms with E-state index in [-0.39, 0.29) is 6.04 Å². The molecule has 190 valence electrons. The van der Waals surface area contributed by atoms with Gasteiger partial charge in [-0.05, 0) is 82.2 Å². The lowest BCUT2D eigenvalue weighted by atomic mass is 9.76. The number of rotatable bonds is 6. The van der Waals surface area contributed by atoms with E-state index >= 15 is 0 Å². The van der Waals surface area contributed by atoms with E-state index in [0.717, 1.165) is 37.9 Å². The zero-order valence-corrected chi connectivity index (χ0v) is 24.2. The van der Waals surface area contributed by atoms with Crippen molar-refractivity contribution in [1.82, 2.24) is 0 Å². The molecule has 0 unspecified atom stereocenters. The van der Waals surface area contributed by atoms with Crippen molar-refractivity contribution < 1.29 is 4.74 Å². The van der Waals surface area contributed by atoms with Crippen molar-refractivity contribution in [3.8, 4) is 5.75 Å². The van der Waals surface area contributed by atoms with Gasteiger partial charge in [0, 0.05) is 27.9 Å². The van der Waals surface area contributed by atoms with Crippen LogP contribution in [0.2, 0.25) is 0 Å². The molecule has 4 aromatic carbocycles. The van der Waals surface area contributed by atoms with Gasteiger partial charge in [0.1, 0.15) is 12.4 Å². The SMILES string of the molecule is Cc1ccc2c(c1)[C@@H]1C=CC[C@H]1[C@@H](c1ccc(N=Cc3cc(Br)cc(Br)c3OCc3ccccc3)cc1)N2. The summed E-state index contributed by atoms with van der Waals surface area (Å²) in [6.45, 7) is 2.66. The first-order chi connectivity index (χ1) is 18.5. The number of anilines is 1. The van der Waals surface area contributed by atoms with Crippen molar-refractivity contribution in [2.75, 3.05) is 5.32 Å². The standard InChI is InChI=1S/C33H28Br2N2O/c1-21-10-15-31-29(16-21)27-8-5-9-28(27)32(37-31)23-11-13-26(14-12-23)36-19-24-17-25(34)18-30(35)33(24)38-20-22-6-3-2-4-7-22/h2-8,10-19,27-28,32,37H,9,20H2,1H3/t27-,28-,32-/m1/s1. The van der Waals surface area contributed by atoms with Gasteiger partial charge in [-0.25, -0.2) is 0 Å².